The van der Waals surface area contributed by atoms with Crippen LogP contribution >= 0.6 is 0 Å². The fourth-order valence-electron chi connectivity index (χ4n) is 2.46. The zero-order valence-corrected chi connectivity index (χ0v) is 15.7. The predicted octanol–water partition coefficient (Wildman–Crippen LogP) is 7.79. The molecule has 0 rings (SSSR count). The number of hydrogen-bond acceptors (Lipinski definition) is 0. The van der Waals surface area contributed by atoms with Gasteiger partial charge in [0.05, 0.1) is 0 Å². The van der Waals surface area contributed by atoms with Gasteiger partial charge in [0, 0.05) is 5.41 Å². The molecule has 126 valence electrons. The lowest BCUT2D eigenvalue weighted by Gasteiger charge is -2.25. The minimum Gasteiger partial charge on any atom is -0.0874 e. The van der Waals surface area contributed by atoms with E-state index in [1.165, 1.54) is 37.7 Å². The molecule has 22 heavy (non-hydrogen) atoms. The van der Waals surface area contributed by atoms with Crippen LogP contribution in [0, 0.1) is 5.41 Å². The van der Waals surface area contributed by atoms with Gasteiger partial charge in [-0.25, -0.2) is 0 Å². The van der Waals surface area contributed by atoms with E-state index >= 15 is 0 Å². The second-order valence-electron chi connectivity index (χ2n) is 6.28. The summed E-state index contributed by atoms with van der Waals surface area (Å²) in [5.74, 6) is 0. The molecule has 0 aromatic rings. The number of hydrogen-bond donors (Lipinski definition) is 0. The van der Waals surface area contributed by atoms with E-state index < -0.39 is 0 Å². The maximum absolute atomic E-state index is 2.41. The molecule has 0 heterocycles. The Morgan fingerprint density at radius 3 is 1.91 bits per heavy atom. The van der Waals surface area contributed by atoms with E-state index in [-0.39, 0.29) is 5.41 Å². The van der Waals surface area contributed by atoms with Gasteiger partial charge in [0.15, 0.2) is 0 Å². The lowest BCUT2D eigenvalue weighted by atomic mass is 9.79. The minimum atomic E-state index is 0.0309. The Labute approximate surface area is 140 Å². The van der Waals surface area contributed by atoms with Gasteiger partial charge in [0.1, 0.15) is 0 Å². The summed E-state index contributed by atoms with van der Waals surface area (Å²) in [5.41, 5.74) is 1.46. The van der Waals surface area contributed by atoms with Crippen LogP contribution in [0.25, 0.3) is 0 Å². The van der Waals surface area contributed by atoms with Crippen LogP contribution < -0.4 is 0 Å². The maximum Gasteiger partial charge on any atom is 0.0280 e. The molecule has 0 aliphatic carbocycles. The largest absolute Gasteiger partial charge is 0.0874 e. The quantitative estimate of drug-likeness (QED) is 0.196. The molecule has 0 saturated heterocycles. The SMILES string of the molecule is CCC=C(C=CCCC)C(C)(C=CCCC)C=CCCCC. The van der Waals surface area contributed by atoms with Crippen molar-refractivity contribution in [3.8, 4) is 0 Å². The first-order chi connectivity index (χ1) is 10.6. The normalized spacial score (nSPS) is 16.1. The molecule has 0 saturated carbocycles. The van der Waals surface area contributed by atoms with Crippen molar-refractivity contribution in [1.82, 2.24) is 0 Å². The molecule has 0 N–H and O–H groups in total. The molecule has 0 aromatic carbocycles. The third kappa shape index (κ3) is 9.07. The van der Waals surface area contributed by atoms with Crippen molar-refractivity contribution in [3.05, 3.63) is 48.1 Å². The Hall–Kier alpha value is -1.04. The molecule has 0 aliphatic heterocycles. The smallest absolute Gasteiger partial charge is 0.0280 e. The van der Waals surface area contributed by atoms with Gasteiger partial charge in [0.2, 0.25) is 0 Å². The van der Waals surface area contributed by atoms with Gasteiger partial charge in [-0.1, -0.05) is 95.9 Å². The third-order valence-electron chi connectivity index (χ3n) is 3.91. The highest BCUT2D eigenvalue weighted by molar-refractivity contribution is 5.36. The van der Waals surface area contributed by atoms with Crippen LogP contribution in [0.1, 0.15) is 86.0 Å². The average molecular weight is 303 g/mol. The maximum atomic E-state index is 2.41. The van der Waals surface area contributed by atoms with Crippen molar-refractivity contribution >= 4 is 0 Å². The summed E-state index contributed by atoms with van der Waals surface area (Å²) in [4.78, 5) is 0. The standard InChI is InChI=1S/C22H38/c1-6-10-13-16-20-22(5,19-15-12-8-3)21(17-9-4)18-14-11-7-2/h14-20H,6-13H2,1-5H3. The van der Waals surface area contributed by atoms with Crippen LogP contribution in [-0.2, 0) is 0 Å². The van der Waals surface area contributed by atoms with Gasteiger partial charge in [0.25, 0.3) is 0 Å². The van der Waals surface area contributed by atoms with Gasteiger partial charge >= 0.3 is 0 Å². The van der Waals surface area contributed by atoms with Crippen molar-refractivity contribution < 1.29 is 0 Å². The summed E-state index contributed by atoms with van der Waals surface area (Å²) in [6, 6.07) is 0. The average Bonchev–Trinajstić information content (AvgIpc) is 2.51. The van der Waals surface area contributed by atoms with E-state index in [9.17, 15) is 0 Å². The van der Waals surface area contributed by atoms with Crippen LogP contribution in [0.5, 0.6) is 0 Å². The zero-order chi connectivity index (χ0) is 16.7. The first-order valence-electron chi connectivity index (χ1n) is 9.37. The van der Waals surface area contributed by atoms with Crippen LogP contribution in [-0.4, -0.2) is 0 Å². The first-order valence-corrected chi connectivity index (χ1v) is 9.37. The fourth-order valence-corrected chi connectivity index (χ4v) is 2.46. The molecule has 0 nitrogen and oxygen atoms in total. The highest BCUT2D eigenvalue weighted by Gasteiger charge is 2.20. The van der Waals surface area contributed by atoms with Crippen LogP contribution in [0.2, 0.25) is 0 Å². The summed E-state index contributed by atoms with van der Waals surface area (Å²) in [6.07, 6.45) is 26.2. The predicted molar refractivity (Wildman–Crippen MR) is 103 cm³/mol. The van der Waals surface area contributed by atoms with Gasteiger partial charge < -0.3 is 0 Å². The molecule has 0 bridgehead atoms. The number of allylic oxidation sites excluding steroid dienone is 8. The molecular formula is C22H38. The van der Waals surface area contributed by atoms with E-state index in [2.05, 4.69) is 77.2 Å². The van der Waals surface area contributed by atoms with Crippen molar-refractivity contribution in [2.45, 2.75) is 86.0 Å². The molecule has 0 heteroatoms. The topological polar surface area (TPSA) is 0 Å². The summed E-state index contributed by atoms with van der Waals surface area (Å²) in [5, 5.41) is 0. The Morgan fingerprint density at radius 1 is 0.773 bits per heavy atom. The number of rotatable bonds is 12. The third-order valence-corrected chi connectivity index (χ3v) is 3.91. The summed E-state index contributed by atoms with van der Waals surface area (Å²) < 4.78 is 0. The zero-order valence-electron chi connectivity index (χ0n) is 15.7. The second-order valence-corrected chi connectivity index (χ2v) is 6.28. The number of unbranched alkanes of at least 4 members (excludes halogenated alkanes) is 4. The molecule has 0 aromatic heterocycles. The van der Waals surface area contributed by atoms with E-state index in [1.54, 1.807) is 0 Å². The molecule has 0 amide bonds. The van der Waals surface area contributed by atoms with E-state index in [0.29, 0.717) is 0 Å². The molecule has 0 radical (unpaired) electrons. The lowest BCUT2D eigenvalue weighted by molar-refractivity contribution is 0.664. The van der Waals surface area contributed by atoms with Crippen LogP contribution in [0.3, 0.4) is 0 Å². The van der Waals surface area contributed by atoms with Gasteiger partial charge in [-0.2, -0.15) is 0 Å². The Morgan fingerprint density at radius 2 is 1.36 bits per heavy atom. The Balaban J connectivity index is 5.28. The lowest BCUT2D eigenvalue weighted by Crippen LogP contribution is -2.12. The van der Waals surface area contributed by atoms with Crippen molar-refractivity contribution in [1.29, 1.82) is 0 Å². The van der Waals surface area contributed by atoms with E-state index in [0.717, 1.165) is 19.3 Å². The van der Waals surface area contributed by atoms with E-state index in [1.807, 2.05) is 0 Å². The first kappa shape index (κ1) is 21.0. The molecular weight excluding hydrogens is 264 g/mol. The van der Waals surface area contributed by atoms with Crippen molar-refractivity contribution in [2.75, 3.05) is 0 Å². The highest BCUT2D eigenvalue weighted by Crippen LogP contribution is 2.33. The van der Waals surface area contributed by atoms with Gasteiger partial charge in [-0.15, -0.1) is 0 Å². The molecule has 1 atom stereocenters. The summed E-state index contributed by atoms with van der Waals surface area (Å²) in [6.45, 7) is 11.3. The monoisotopic (exact) mass is 302 g/mol. The fraction of sp³-hybridized carbons (Fsp3) is 0.636. The van der Waals surface area contributed by atoms with Crippen LogP contribution in [0.4, 0.5) is 0 Å². The summed E-state index contributed by atoms with van der Waals surface area (Å²) in [7, 11) is 0. The van der Waals surface area contributed by atoms with Gasteiger partial charge in [-0.05, 0) is 38.2 Å². The molecule has 0 fully saturated rings. The Kier molecular flexibility index (Phi) is 13.0. The summed E-state index contributed by atoms with van der Waals surface area (Å²) >= 11 is 0. The second kappa shape index (κ2) is 13.6. The molecule has 0 spiro atoms. The highest BCUT2D eigenvalue weighted by atomic mass is 14.2. The van der Waals surface area contributed by atoms with E-state index in [4.69, 9.17) is 0 Å². The molecule has 0 aliphatic rings. The van der Waals surface area contributed by atoms with Crippen molar-refractivity contribution in [2.24, 2.45) is 5.41 Å². The minimum absolute atomic E-state index is 0.0309. The Bertz CT molecular complexity index is 367. The van der Waals surface area contributed by atoms with Gasteiger partial charge in [-0.3, -0.25) is 0 Å². The van der Waals surface area contributed by atoms with Crippen molar-refractivity contribution in [3.63, 3.8) is 0 Å². The van der Waals surface area contributed by atoms with Crippen LogP contribution in [0.15, 0.2) is 48.1 Å². The molecule has 1 unspecified atom stereocenters.